The number of furan rings is 1. The summed E-state index contributed by atoms with van der Waals surface area (Å²) in [6.07, 6.45) is 0.403. The van der Waals surface area contributed by atoms with E-state index in [0.717, 1.165) is 0 Å². The Morgan fingerprint density at radius 1 is 1.26 bits per heavy atom. The maximum Gasteiger partial charge on any atom is 0.335 e. The van der Waals surface area contributed by atoms with Crippen LogP contribution in [0.2, 0.25) is 0 Å². The lowest BCUT2D eigenvalue weighted by molar-refractivity contribution is 0.0959. The van der Waals surface area contributed by atoms with Crippen LogP contribution >= 0.6 is 7.60 Å². The van der Waals surface area contributed by atoms with Gasteiger partial charge >= 0.3 is 7.60 Å². The van der Waals surface area contributed by atoms with Gasteiger partial charge in [0.05, 0.1) is 19.4 Å². The number of hydrogen-bond donors (Lipinski definition) is 0. The average molecular weight is 288 g/mol. The van der Waals surface area contributed by atoms with Crippen molar-refractivity contribution in [3.63, 3.8) is 0 Å². The molecule has 108 valence electrons. The standard InChI is InChI=1S/C13H21O5P/c1-5-12(14)13-11(8-10(4)18-13)9-19(15,16-6-2)17-7-3/h8H,5-7,9H2,1-4H3. The fourth-order valence-electron chi connectivity index (χ4n) is 1.81. The molecule has 0 atom stereocenters. The van der Waals surface area contributed by atoms with Crippen molar-refractivity contribution in [2.45, 2.75) is 40.3 Å². The predicted molar refractivity (Wildman–Crippen MR) is 72.6 cm³/mol. The van der Waals surface area contributed by atoms with E-state index in [2.05, 4.69) is 0 Å². The highest BCUT2D eigenvalue weighted by atomic mass is 31.2. The molecule has 0 radical (unpaired) electrons. The molecule has 0 aromatic carbocycles. The number of rotatable bonds is 8. The van der Waals surface area contributed by atoms with E-state index in [9.17, 15) is 9.36 Å². The fraction of sp³-hybridized carbons (Fsp3) is 0.615. The molecule has 1 aromatic rings. The molecule has 0 aliphatic heterocycles. The van der Waals surface area contributed by atoms with Crippen molar-refractivity contribution in [3.8, 4) is 0 Å². The molecule has 0 saturated heterocycles. The third-order valence-electron chi connectivity index (χ3n) is 2.52. The van der Waals surface area contributed by atoms with Crippen LogP contribution in [-0.2, 0) is 19.8 Å². The Morgan fingerprint density at radius 3 is 2.32 bits per heavy atom. The van der Waals surface area contributed by atoms with Crippen LogP contribution in [0.4, 0.5) is 0 Å². The Kier molecular flexibility index (Phi) is 5.98. The minimum Gasteiger partial charge on any atom is -0.458 e. The minimum absolute atomic E-state index is 0.0626. The van der Waals surface area contributed by atoms with Crippen LogP contribution in [0.1, 0.15) is 49.1 Å². The lowest BCUT2D eigenvalue weighted by Crippen LogP contribution is -2.03. The molecule has 19 heavy (non-hydrogen) atoms. The zero-order valence-corrected chi connectivity index (χ0v) is 12.8. The monoisotopic (exact) mass is 288 g/mol. The largest absolute Gasteiger partial charge is 0.458 e. The van der Waals surface area contributed by atoms with Crippen molar-refractivity contribution in [1.82, 2.24) is 0 Å². The molecule has 1 heterocycles. The van der Waals surface area contributed by atoms with Gasteiger partial charge in [0.2, 0.25) is 0 Å². The Bertz CT molecular complexity index is 467. The summed E-state index contributed by atoms with van der Waals surface area (Å²) in [6.45, 7) is 7.61. The van der Waals surface area contributed by atoms with E-state index in [1.807, 2.05) is 0 Å². The van der Waals surface area contributed by atoms with Crippen LogP contribution in [-0.4, -0.2) is 19.0 Å². The van der Waals surface area contributed by atoms with E-state index in [0.29, 0.717) is 31.0 Å². The van der Waals surface area contributed by atoms with E-state index in [4.69, 9.17) is 13.5 Å². The first-order chi connectivity index (χ1) is 8.95. The number of aryl methyl sites for hydroxylation is 1. The first kappa shape index (κ1) is 16.2. The van der Waals surface area contributed by atoms with Gasteiger partial charge in [0.1, 0.15) is 5.76 Å². The first-order valence-corrected chi connectivity index (χ1v) is 8.19. The molecule has 1 rings (SSSR count). The van der Waals surface area contributed by atoms with Crippen molar-refractivity contribution in [2.24, 2.45) is 0 Å². The number of hydrogen-bond acceptors (Lipinski definition) is 5. The first-order valence-electron chi connectivity index (χ1n) is 6.46. The summed E-state index contributed by atoms with van der Waals surface area (Å²) in [4.78, 5) is 11.8. The second kappa shape index (κ2) is 7.04. The Balaban J connectivity index is 3.02. The molecular weight excluding hydrogens is 267 g/mol. The van der Waals surface area contributed by atoms with Crippen molar-refractivity contribution >= 4 is 13.4 Å². The van der Waals surface area contributed by atoms with Gasteiger partial charge in [-0.2, -0.15) is 0 Å². The minimum atomic E-state index is -3.22. The van der Waals surface area contributed by atoms with Crippen LogP contribution in [0, 0.1) is 6.92 Å². The molecule has 0 fully saturated rings. The third kappa shape index (κ3) is 4.30. The zero-order valence-electron chi connectivity index (χ0n) is 11.9. The molecule has 5 nitrogen and oxygen atoms in total. The number of carbonyl (C=O) groups excluding carboxylic acids is 1. The summed E-state index contributed by atoms with van der Waals surface area (Å²) in [7, 11) is -3.22. The Hall–Kier alpha value is -0.900. The summed E-state index contributed by atoms with van der Waals surface area (Å²) in [5.74, 6) is 0.772. The van der Waals surface area contributed by atoms with Crippen molar-refractivity contribution in [2.75, 3.05) is 13.2 Å². The quantitative estimate of drug-likeness (QED) is 0.535. The molecule has 1 aromatic heterocycles. The van der Waals surface area contributed by atoms with Gasteiger partial charge in [-0.1, -0.05) is 6.92 Å². The molecule has 0 spiro atoms. The maximum absolute atomic E-state index is 12.5. The van der Waals surface area contributed by atoms with Gasteiger partial charge in [-0.05, 0) is 26.8 Å². The summed E-state index contributed by atoms with van der Waals surface area (Å²) in [6, 6.07) is 1.72. The third-order valence-corrected chi connectivity index (χ3v) is 4.55. The molecule has 6 heteroatoms. The van der Waals surface area contributed by atoms with Gasteiger partial charge < -0.3 is 13.5 Å². The van der Waals surface area contributed by atoms with Crippen molar-refractivity contribution < 1.29 is 22.8 Å². The van der Waals surface area contributed by atoms with E-state index >= 15 is 0 Å². The topological polar surface area (TPSA) is 65.7 Å². The Labute approximate surface area is 113 Å². The molecule has 0 unspecified atom stereocenters. The summed E-state index contributed by atoms with van der Waals surface area (Å²) >= 11 is 0. The SMILES string of the molecule is CCOP(=O)(Cc1cc(C)oc1C(=O)CC)OCC. The van der Waals surface area contributed by atoms with Crippen LogP contribution in [0.5, 0.6) is 0 Å². The highest BCUT2D eigenvalue weighted by Crippen LogP contribution is 2.52. The van der Waals surface area contributed by atoms with Crippen LogP contribution in [0.15, 0.2) is 10.5 Å². The smallest absolute Gasteiger partial charge is 0.335 e. The van der Waals surface area contributed by atoms with Crippen molar-refractivity contribution in [1.29, 1.82) is 0 Å². The lowest BCUT2D eigenvalue weighted by Gasteiger charge is -2.16. The van der Waals surface area contributed by atoms with Crippen LogP contribution < -0.4 is 0 Å². The normalized spacial score (nSPS) is 11.8. The second-order valence-corrected chi connectivity index (χ2v) is 6.15. The van der Waals surface area contributed by atoms with Gasteiger partial charge in [-0.3, -0.25) is 9.36 Å². The van der Waals surface area contributed by atoms with Gasteiger partial charge in [0, 0.05) is 12.0 Å². The van der Waals surface area contributed by atoms with Gasteiger partial charge in [-0.15, -0.1) is 0 Å². The fourth-order valence-corrected chi connectivity index (χ4v) is 3.51. The summed E-state index contributed by atoms with van der Waals surface area (Å²) < 4.78 is 28.3. The number of ketones is 1. The summed E-state index contributed by atoms with van der Waals surface area (Å²) in [5, 5.41) is 0. The van der Waals surface area contributed by atoms with Gasteiger partial charge in [0.15, 0.2) is 11.5 Å². The second-order valence-electron chi connectivity index (χ2n) is 4.09. The predicted octanol–water partition coefficient (Wildman–Crippen LogP) is 3.95. The molecule has 0 bridgehead atoms. The molecule has 0 aliphatic carbocycles. The van der Waals surface area contributed by atoms with E-state index in [-0.39, 0.29) is 17.7 Å². The molecular formula is C13H21O5P. The summed E-state index contributed by atoms with van der Waals surface area (Å²) in [5.41, 5.74) is 0.592. The van der Waals surface area contributed by atoms with Crippen molar-refractivity contribution in [3.05, 3.63) is 23.2 Å². The average Bonchev–Trinajstić information content (AvgIpc) is 2.69. The Morgan fingerprint density at radius 2 is 1.84 bits per heavy atom. The van der Waals surface area contributed by atoms with Gasteiger partial charge in [-0.25, -0.2) is 0 Å². The highest BCUT2D eigenvalue weighted by molar-refractivity contribution is 7.53. The number of Topliss-reactive ketones (excluding diaryl/α,β-unsaturated/α-hetero) is 1. The zero-order chi connectivity index (χ0) is 14.5. The lowest BCUT2D eigenvalue weighted by atomic mass is 10.2. The molecule has 0 amide bonds. The van der Waals surface area contributed by atoms with E-state index in [1.54, 1.807) is 33.8 Å². The molecule has 0 N–H and O–H groups in total. The van der Waals surface area contributed by atoms with E-state index < -0.39 is 7.60 Å². The highest BCUT2D eigenvalue weighted by Gasteiger charge is 2.28. The van der Waals surface area contributed by atoms with E-state index in [1.165, 1.54) is 0 Å². The van der Waals surface area contributed by atoms with Crippen LogP contribution in [0.3, 0.4) is 0 Å². The molecule has 0 aliphatic rings. The molecule has 0 saturated carbocycles. The number of carbonyl (C=O) groups is 1. The van der Waals surface area contributed by atoms with Gasteiger partial charge in [0.25, 0.3) is 0 Å². The van der Waals surface area contributed by atoms with Crippen LogP contribution in [0.25, 0.3) is 0 Å². The maximum atomic E-state index is 12.5.